The van der Waals surface area contributed by atoms with E-state index in [0.717, 1.165) is 83.5 Å². The van der Waals surface area contributed by atoms with Gasteiger partial charge in [0.2, 0.25) is 0 Å². The van der Waals surface area contributed by atoms with Gasteiger partial charge in [0, 0.05) is 19.3 Å². The lowest BCUT2D eigenvalue weighted by Crippen LogP contribution is -2.30. The molecule has 2 N–H and O–H groups in total. The van der Waals surface area contributed by atoms with Crippen LogP contribution >= 0.6 is 7.82 Å². The van der Waals surface area contributed by atoms with E-state index >= 15 is 0 Å². The average Bonchev–Trinajstić information content (AvgIpc) is 3.32. The van der Waals surface area contributed by atoms with E-state index in [2.05, 4.69) is 45.1 Å². The van der Waals surface area contributed by atoms with Crippen molar-refractivity contribution in [1.82, 2.24) is 0 Å². The standard InChI is InChI=1S/C56H105O11P/c1-4-7-10-13-16-19-22-24-25-26-27-29-32-35-38-41-44-47-56(60)67-53(49-63-54(58)45-42-39-36-33-30-21-18-15-12-9-6-3)51-65-68(61,62)64-50-52(48-57)66-55(59)46-43-40-37-34-31-28-23-20-17-14-11-8-5-2/h15,18,24-25,52-53,57H,4-14,16-17,19-23,26-51H2,1-3H3,(H,61,62)/b18-15-,25-24-. The molecule has 0 fully saturated rings. The van der Waals surface area contributed by atoms with E-state index in [4.69, 9.17) is 23.3 Å². The maximum atomic E-state index is 12.9. The Kier molecular flexibility index (Phi) is 49.8. The number of allylic oxidation sites excluding steroid dienone is 4. The van der Waals surface area contributed by atoms with Crippen molar-refractivity contribution in [3.8, 4) is 0 Å². The van der Waals surface area contributed by atoms with Gasteiger partial charge in [-0.2, -0.15) is 0 Å². The van der Waals surface area contributed by atoms with Crippen LogP contribution in [0.2, 0.25) is 0 Å². The van der Waals surface area contributed by atoms with E-state index in [0.29, 0.717) is 19.3 Å². The van der Waals surface area contributed by atoms with E-state index in [9.17, 15) is 28.9 Å². The number of rotatable bonds is 53. The number of hydrogen-bond donors (Lipinski definition) is 2. The Morgan fingerprint density at radius 1 is 0.397 bits per heavy atom. The highest BCUT2D eigenvalue weighted by atomic mass is 31.2. The van der Waals surface area contributed by atoms with E-state index in [1.54, 1.807) is 0 Å². The maximum Gasteiger partial charge on any atom is 0.472 e. The van der Waals surface area contributed by atoms with Gasteiger partial charge in [-0.1, -0.05) is 218 Å². The van der Waals surface area contributed by atoms with Gasteiger partial charge < -0.3 is 24.2 Å². The number of carbonyl (C=O) groups is 3. The molecule has 12 heteroatoms. The molecular formula is C56H105O11P. The van der Waals surface area contributed by atoms with Gasteiger partial charge in [0.05, 0.1) is 19.8 Å². The van der Waals surface area contributed by atoms with E-state index in [1.807, 2.05) is 0 Å². The summed E-state index contributed by atoms with van der Waals surface area (Å²) in [5, 5.41) is 9.79. The fourth-order valence-electron chi connectivity index (χ4n) is 7.98. The molecule has 0 aromatic heterocycles. The van der Waals surface area contributed by atoms with Crippen molar-refractivity contribution in [3.05, 3.63) is 24.3 Å². The van der Waals surface area contributed by atoms with Crippen molar-refractivity contribution in [1.29, 1.82) is 0 Å². The molecule has 0 amide bonds. The quantitative estimate of drug-likeness (QED) is 0.0197. The number of carbonyl (C=O) groups excluding carboxylic acids is 3. The molecule has 0 heterocycles. The van der Waals surface area contributed by atoms with Gasteiger partial charge in [0.15, 0.2) is 6.10 Å². The van der Waals surface area contributed by atoms with Crippen molar-refractivity contribution in [3.63, 3.8) is 0 Å². The number of unbranched alkanes of at least 4 members (excludes halogenated alkanes) is 32. The Bertz CT molecular complexity index is 1240. The molecule has 3 atom stereocenters. The molecule has 0 saturated carbocycles. The lowest BCUT2D eigenvalue weighted by molar-refractivity contribution is -0.161. The molecule has 11 nitrogen and oxygen atoms in total. The molecule has 0 saturated heterocycles. The van der Waals surface area contributed by atoms with Crippen LogP contribution in [-0.4, -0.2) is 66.5 Å². The number of aliphatic hydroxyl groups excluding tert-OH is 1. The first-order chi connectivity index (χ1) is 33.2. The molecule has 68 heavy (non-hydrogen) atoms. The first-order valence-electron chi connectivity index (χ1n) is 28.2. The number of aliphatic hydroxyl groups is 1. The minimum atomic E-state index is -4.74. The maximum absolute atomic E-state index is 12.9. The summed E-state index contributed by atoms with van der Waals surface area (Å²) in [5.41, 5.74) is 0. The minimum Gasteiger partial charge on any atom is -0.462 e. The average molecular weight is 985 g/mol. The SMILES string of the molecule is CCCC/C=C\CCCCCCCC(=O)OCC(COP(=O)(O)OCC(CO)OC(=O)CCCCCCCCCCCCCCC)OC(=O)CCCCCCCCC/C=C\CCCCCCCC. The third-order valence-electron chi connectivity index (χ3n) is 12.3. The third kappa shape index (κ3) is 49.0. The molecule has 0 aliphatic rings. The molecule has 0 aliphatic carbocycles. The van der Waals surface area contributed by atoms with Crippen molar-refractivity contribution in [2.75, 3.05) is 26.4 Å². The summed E-state index contributed by atoms with van der Waals surface area (Å²) in [7, 11) is -4.74. The number of esters is 3. The molecule has 0 aromatic carbocycles. The second-order valence-corrected chi connectivity index (χ2v) is 20.6. The van der Waals surface area contributed by atoms with Gasteiger partial charge in [-0.05, 0) is 64.2 Å². The van der Waals surface area contributed by atoms with Gasteiger partial charge in [-0.15, -0.1) is 0 Å². The second-order valence-electron chi connectivity index (χ2n) is 19.1. The van der Waals surface area contributed by atoms with Crippen molar-refractivity contribution >= 4 is 25.7 Å². The number of phosphoric acid groups is 1. The van der Waals surface area contributed by atoms with E-state index in [-0.39, 0.29) is 25.9 Å². The van der Waals surface area contributed by atoms with E-state index in [1.165, 1.54) is 135 Å². The molecule has 0 rings (SSSR count). The highest BCUT2D eigenvalue weighted by Gasteiger charge is 2.28. The van der Waals surface area contributed by atoms with Crippen LogP contribution in [-0.2, 0) is 42.2 Å². The third-order valence-corrected chi connectivity index (χ3v) is 13.3. The lowest BCUT2D eigenvalue weighted by atomic mass is 10.0. The van der Waals surface area contributed by atoms with Crippen LogP contribution in [0.5, 0.6) is 0 Å². The van der Waals surface area contributed by atoms with Crippen molar-refractivity contribution in [2.24, 2.45) is 0 Å². The van der Waals surface area contributed by atoms with E-state index < -0.39 is 57.8 Å². The fourth-order valence-corrected chi connectivity index (χ4v) is 8.76. The molecule has 400 valence electrons. The van der Waals surface area contributed by atoms with Crippen LogP contribution in [0.1, 0.15) is 278 Å². The normalized spacial score (nSPS) is 13.5. The first-order valence-corrected chi connectivity index (χ1v) is 29.7. The zero-order chi connectivity index (χ0) is 49.9. The lowest BCUT2D eigenvalue weighted by Gasteiger charge is -2.21. The summed E-state index contributed by atoms with van der Waals surface area (Å²) in [5.74, 6) is -1.46. The van der Waals surface area contributed by atoms with Crippen LogP contribution < -0.4 is 0 Å². The number of ether oxygens (including phenoxy) is 3. The van der Waals surface area contributed by atoms with Crippen molar-refractivity contribution < 1.29 is 52.2 Å². The molecule has 3 unspecified atom stereocenters. The summed E-state index contributed by atoms with van der Waals surface area (Å²) in [6, 6.07) is 0. The van der Waals surface area contributed by atoms with Gasteiger partial charge in [-0.25, -0.2) is 4.57 Å². The van der Waals surface area contributed by atoms with Crippen LogP contribution in [0.4, 0.5) is 0 Å². The highest BCUT2D eigenvalue weighted by Crippen LogP contribution is 2.43. The first kappa shape index (κ1) is 66.0. The predicted octanol–water partition coefficient (Wildman–Crippen LogP) is 16.3. The molecule has 0 aromatic rings. The Morgan fingerprint density at radius 3 is 1.06 bits per heavy atom. The van der Waals surface area contributed by atoms with Gasteiger partial charge in [0.25, 0.3) is 0 Å². The summed E-state index contributed by atoms with van der Waals surface area (Å²) >= 11 is 0. The highest BCUT2D eigenvalue weighted by molar-refractivity contribution is 7.47. The van der Waals surface area contributed by atoms with Gasteiger partial charge in [0.1, 0.15) is 12.7 Å². The predicted molar refractivity (Wildman–Crippen MR) is 280 cm³/mol. The van der Waals surface area contributed by atoms with Gasteiger partial charge in [-0.3, -0.25) is 23.4 Å². The zero-order valence-electron chi connectivity index (χ0n) is 44.1. The number of phosphoric ester groups is 1. The van der Waals surface area contributed by atoms with Crippen LogP contribution in [0.15, 0.2) is 24.3 Å². The summed E-state index contributed by atoms with van der Waals surface area (Å²) in [6.45, 7) is 4.62. The summed E-state index contributed by atoms with van der Waals surface area (Å²) < 4.78 is 39.4. The Labute approximate surface area is 417 Å². The fraction of sp³-hybridized carbons (Fsp3) is 0.875. The summed E-state index contributed by atoms with van der Waals surface area (Å²) in [4.78, 5) is 48.4. The Morgan fingerprint density at radius 2 is 0.691 bits per heavy atom. The monoisotopic (exact) mass is 985 g/mol. The minimum absolute atomic E-state index is 0.165. The largest absolute Gasteiger partial charge is 0.472 e. The van der Waals surface area contributed by atoms with Crippen molar-refractivity contribution in [2.45, 2.75) is 290 Å². The second kappa shape index (κ2) is 51.3. The van der Waals surface area contributed by atoms with Crippen LogP contribution in [0, 0.1) is 0 Å². The van der Waals surface area contributed by atoms with Crippen LogP contribution in [0.25, 0.3) is 0 Å². The smallest absolute Gasteiger partial charge is 0.462 e. The Hall–Kier alpha value is -2.04. The molecule has 0 aliphatic heterocycles. The molecule has 0 radical (unpaired) electrons. The summed E-state index contributed by atoms with van der Waals surface area (Å²) in [6.07, 6.45) is 49.9. The topological polar surface area (TPSA) is 155 Å². The zero-order valence-corrected chi connectivity index (χ0v) is 45.0. The molecule has 0 spiro atoms. The molecular weight excluding hydrogens is 880 g/mol. The Balaban J connectivity index is 4.68. The van der Waals surface area contributed by atoms with Crippen LogP contribution in [0.3, 0.4) is 0 Å². The number of hydrogen-bond acceptors (Lipinski definition) is 10. The molecule has 0 bridgehead atoms. The van der Waals surface area contributed by atoms with Gasteiger partial charge >= 0.3 is 25.7 Å².